The second kappa shape index (κ2) is 6.47. The summed E-state index contributed by atoms with van der Waals surface area (Å²) in [6.45, 7) is 3.68. The Balaban J connectivity index is 1.17. The van der Waals surface area contributed by atoms with E-state index in [1.54, 1.807) is 24.0 Å². The summed E-state index contributed by atoms with van der Waals surface area (Å²) < 4.78 is 22.7. The molecule has 10 heteroatoms. The predicted octanol–water partition coefficient (Wildman–Crippen LogP) is 1.86. The first-order chi connectivity index (χ1) is 15.0. The van der Waals surface area contributed by atoms with Crippen LogP contribution in [0.2, 0.25) is 0 Å². The number of nitrogens with zero attached hydrogens (tertiary/aromatic N) is 7. The summed E-state index contributed by atoms with van der Waals surface area (Å²) in [4.78, 5) is 27.6. The second-order valence-corrected chi connectivity index (χ2v) is 8.46. The Labute approximate surface area is 176 Å². The smallest absolute Gasteiger partial charge is 0.280 e. The van der Waals surface area contributed by atoms with Crippen LogP contribution >= 0.6 is 0 Å². The maximum Gasteiger partial charge on any atom is 0.280 e. The van der Waals surface area contributed by atoms with Gasteiger partial charge in [0.1, 0.15) is 18.7 Å². The van der Waals surface area contributed by atoms with Crippen molar-refractivity contribution in [3.8, 4) is 0 Å². The number of aryl methyl sites for hydroxylation is 2. The Hall–Kier alpha value is -3.56. The first-order valence-electron chi connectivity index (χ1n) is 10.2. The van der Waals surface area contributed by atoms with Crippen LogP contribution in [0.3, 0.4) is 0 Å². The van der Waals surface area contributed by atoms with Gasteiger partial charge in [0.25, 0.3) is 5.56 Å². The number of imidazole rings is 1. The number of piperidine rings is 1. The fourth-order valence-electron chi connectivity index (χ4n) is 4.77. The standard InChI is InChI=1S/C21H20FN7O2/c1-11-3-4-14(22)15(5-11)28-6-12-13(7-28)17(12)19-25-16(31-26-19)8-29-10-24-20-18(21(29)30)27(2)9-23-20/h3-5,9-10,12-13,17H,6-8H2,1-2H3/t12-,13+,17?. The van der Waals surface area contributed by atoms with Crippen LogP contribution < -0.4 is 10.5 Å². The van der Waals surface area contributed by atoms with Crippen molar-refractivity contribution in [2.75, 3.05) is 18.0 Å². The summed E-state index contributed by atoms with van der Waals surface area (Å²) in [7, 11) is 1.76. The first-order valence-corrected chi connectivity index (χ1v) is 10.2. The molecule has 158 valence electrons. The van der Waals surface area contributed by atoms with Crippen molar-refractivity contribution in [1.29, 1.82) is 0 Å². The molecule has 1 aliphatic carbocycles. The predicted molar refractivity (Wildman–Crippen MR) is 109 cm³/mol. The SMILES string of the molecule is Cc1ccc(F)c(N2C[C@@H]3C(c4noc(Cn5cnc6ncn(C)c6c5=O)n4)[C@@H]3C2)c1. The molecule has 0 bridgehead atoms. The van der Waals surface area contributed by atoms with Crippen molar-refractivity contribution in [2.45, 2.75) is 19.4 Å². The van der Waals surface area contributed by atoms with Gasteiger partial charge in [0.15, 0.2) is 17.0 Å². The molecule has 0 radical (unpaired) electrons. The molecule has 0 spiro atoms. The minimum atomic E-state index is -0.205. The summed E-state index contributed by atoms with van der Waals surface area (Å²) in [6.07, 6.45) is 3.01. The van der Waals surface area contributed by atoms with Gasteiger partial charge in [-0.25, -0.2) is 14.4 Å². The Morgan fingerprint density at radius 1 is 1.19 bits per heavy atom. The zero-order chi connectivity index (χ0) is 21.3. The van der Waals surface area contributed by atoms with Crippen molar-refractivity contribution in [3.63, 3.8) is 0 Å². The fraction of sp³-hybridized carbons (Fsp3) is 0.381. The molecule has 9 nitrogen and oxygen atoms in total. The molecule has 2 fully saturated rings. The van der Waals surface area contributed by atoms with Gasteiger partial charge in [-0.05, 0) is 36.5 Å². The maximum atomic E-state index is 14.2. The molecule has 1 aliphatic heterocycles. The van der Waals surface area contributed by atoms with Gasteiger partial charge < -0.3 is 14.0 Å². The molecule has 0 N–H and O–H groups in total. The topological polar surface area (TPSA) is 94.9 Å². The number of rotatable bonds is 4. The van der Waals surface area contributed by atoms with Gasteiger partial charge >= 0.3 is 0 Å². The summed E-state index contributed by atoms with van der Waals surface area (Å²) in [5.41, 5.74) is 2.35. The van der Waals surface area contributed by atoms with Crippen LogP contribution in [-0.4, -0.2) is 42.3 Å². The lowest BCUT2D eigenvalue weighted by atomic mass is 10.2. The molecule has 1 saturated carbocycles. The van der Waals surface area contributed by atoms with Crippen LogP contribution in [0.25, 0.3) is 11.2 Å². The van der Waals surface area contributed by atoms with E-state index in [0.717, 1.165) is 18.7 Å². The average Bonchev–Trinajstić information content (AvgIpc) is 3.18. The van der Waals surface area contributed by atoms with Crippen LogP contribution in [0.1, 0.15) is 23.2 Å². The van der Waals surface area contributed by atoms with E-state index in [-0.39, 0.29) is 23.8 Å². The van der Waals surface area contributed by atoms with E-state index >= 15 is 0 Å². The van der Waals surface area contributed by atoms with Crippen molar-refractivity contribution in [3.05, 3.63) is 64.3 Å². The van der Waals surface area contributed by atoms with Crippen LogP contribution in [0.15, 0.2) is 40.2 Å². The molecule has 3 atom stereocenters. The second-order valence-electron chi connectivity index (χ2n) is 8.46. The van der Waals surface area contributed by atoms with Gasteiger partial charge in [0.05, 0.1) is 12.0 Å². The molecule has 1 saturated heterocycles. The Morgan fingerprint density at radius 3 is 2.77 bits per heavy atom. The number of anilines is 1. The molecule has 1 aromatic carbocycles. The van der Waals surface area contributed by atoms with E-state index in [1.807, 2.05) is 13.0 Å². The van der Waals surface area contributed by atoms with Crippen LogP contribution in [0.5, 0.6) is 0 Å². The number of hydrogen-bond acceptors (Lipinski definition) is 7. The largest absolute Gasteiger partial charge is 0.369 e. The summed E-state index contributed by atoms with van der Waals surface area (Å²) in [5.74, 6) is 1.84. The van der Waals surface area contributed by atoms with E-state index in [0.29, 0.717) is 40.4 Å². The van der Waals surface area contributed by atoms with Crippen molar-refractivity contribution >= 4 is 16.9 Å². The molecule has 1 unspecified atom stereocenters. The quantitative estimate of drug-likeness (QED) is 0.496. The van der Waals surface area contributed by atoms with E-state index in [9.17, 15) is 9.18 Å². The molecule has 2 aliphatic rings. The van der Waals surface area contributed by atoms with E-state index in [4.69, 9.17) is 4.52 Å². The summed E-state index contributed by atoms with van der Waals surface area (Å²) in [5, 5.41) is 4.15. The van der Waals surface area contributed by atoms with Gasteiger partial charge in [-0.2, -0.15) is 4.98 Å². The maximum absolute atomic E-state index is 14.2. The fourth-order valence-corrected chi connectivity index (χ4v) is 4.77. The molecular formula is C21H20FN7O2. The van der Waals surface area contributed by atoms with Gasteiger partial charge in [0.2, 0.25) is 5.89 Å². The molecule has 3 aromatic heterocycles. The zero-order valence-corrected chi connectivity index (χ0v) is 17.1. The lowest BCUT2D eigenvalue weighted by Crippen LogP contribution is -2.25. The third-order valence-corrected chi connectivity index (χ3v) is 6.42. The van der Waals surface area contributed by atoms with Crippen molar-refractivity contribution in [2.24, 2.45) is 18.9 Å². The third kappa shape index (κ3) is 2.85. The zero-order valence-electron chi connectivity index (χ0n) is 17.1. The summed E-state index contributed by atoms with van der Waals surface area (Å²) >= 11 is 0. The molecule has 6 rings (SSSR count). The van der Waals surface area contributed by atoms with Gasteiger partial charge in [-0.3, -0.25) is 9.36 Å². The van der Waals surface area contributed by atoms with Gasteiger partial charge in [0, 0.05) is 26.1 Å². The Bertz CT molecular complexity index is 1360. The summed E-state index contributed by atoms with van der Waals surface area (Å²) in [6, 6.07) is 5.20. The Kier molecular flexibility index (Phi) is 3.80. The first kappa shape index (κ1) is 18.2. The van der Waals surface area contributed by atoms with Gasteiger partial charge in [-0.1, -0.05) is 11.2 Å². The van der Waals surface area contributed by atoms with E-state index < -0.39 is 0 Å². The lowest BCUT2D eigenvalue weighted by molar-refractivity contribution is 0.363. The van der Waals surface area contributed by atoms with Crippen molar-refractivity contribution < 1.29 is 8.91 Å². The molecule has 31 heavy (non-hydrogen) atoms. The van der Waals surface area contributed by atoms with Crippen LogP contribution in [0, 0.1) is 24.6 Å². The number of hydrogen-bond donors (Lipinski definition) is 0. The minimum absolute atomic E-state index is 0.155. The number of halogens is 1. The van der Waals surface area contributed by atoms with Gasteiger partial charge in [-0.15, -0.1) is 0 Å². The molecule has 4 heterocycles. The minimum Gasteiger partial charge on any atom is -0.369 e. The van der Waals surface area contributed by atoms with Crippen molar-refractivity contribution in [1.82, 2.24) is 29.2 Å². The highest BCUT2D eigenvalue weighted by molar-refractivity contribution is 5.68. The third-order valence-electron chi connectivity index (χ3n) is 6.42. The Morgan fingerprint density at radius 2 is 1.97 bits per heavy atom. The average molecular weight is 421 g/mol. The van der Waals surface area contributed by atoms with E-state index in [1.165, 1.54) is 17.0 Å². The number of benzene rings is 1. The highest BCUT2D eigenvalue weighted by atomic mass is 19.1. The van der Waals surface area contributed by atoms with Crippen LogP contribution in [0.4, 0.5) is 10.1 Å². The number of fused-ring (bicyclic) bond motifs is 2. The van der Waals surface area contributed by atoms with E-state index in [2.05, 4.69) is 25.0 Å². The van der Waals surface area contributed by atoms with Crippen LogP contribution in [-0.2, 0) is 13.6 Å². The molecular weight excluding hydrogens is 401 g/mol. The highest BCUT2D eigenvalue weighted by Gasteiger charge is 2.58. The lowest BCUT2D eigenvalue weighted by Gasteiger charge is -2.22. The monoisotopic (exact) mass is 421 g/mol. The normalized spacial score (nSPS) is 22.3. The molecule has 4 aromatic rings. The highest BCUT2D eigenvalue weighted by Crippen LogP contribution is 2.58. The number of aromatic nitrogens is 6. The molecule has 0 amide bonds.